The molecular weight excluding hydrogens is 320 g/mol. The highest BCUT2D eigenvalue weighted by Crippen LogP contribution is 2.26. The zero-order valence-electron chi connectivity index (χ0n) is 12.9. The summed E-state index contributed by atoms with van der Waals surface area (Å²) in [6.07, 6.45) is 0. The molecule has 0 radical (unpaired) electrons. The highest BCUT2D eigenvalue weighted by atomic mass is 16.4. The second-order valence-corrected chi connectivity index (χ2v) is 5.28. The van der Waals surface area contributed by atoms with Crippen LogP contribution in [0.25, 0.3) is 28.3 Å². The smallest absolute Gasteiger partial charge is 0.356 e. The Kier molecular flexibility index (Phi) is 3.55. The topological polar surface area (TPSA) is 110 Å². The van der Waals surface area contributed by atoms with Gasteiger partial charge in [0.2, 0.25) is 5.82 Å². The van der Waals surface area contributed by atoms with E-state index in [0.717, 1.165) is 16.8 Å². The molecule has 2 aromatic carbocycles. The van der Waals surface area contributed by atoms with E-state index in [1.165, 1.54) is 0 Å². The molecule has 122 valence electrons. The van der Waals surface area contributed by atoms with Crippen LogP contribution in [0, 0.1) is 0 Å². The van der Waals surface area contributed by atoms with E-state index in [1.807, 2.05) is 54.6 Å². The van der Waals surface area contributed by atoms with Crippen molar-refractivity contribution >= 4 is 5.97 Å². The Morgan fingerprint density at radius 1 is 1.00 bits per heavy atom. The van der Waals surface area contributed by atoms with Gasteiger partial charge in [-0.15, -0.1) is 10.2 Å². The lowest BCUT2D eigenvalue weighted by atomic mass is 10.1. The van der Waals surface area contributed by atoms with E-state index < -0.39 is 5.97 Å². The number of H-pyrrole nitrogens is 1. The van der Waals surface area contributed by atoms with Crippen LogP contribution in [0.1, 0.15) is 10.5 Å². The SMILES string of the molecule is O=C(O)c1cc(-c2ccc(-c3nn[nH]n3)cc2)n(-c2ccccc2)n1. The standard InChI is InChI=1S/C17H12N6O2/c24-17(25)14-10-15(23(20-14)13-4-2-1-3-5-13)11-6-8-12(9-7-11)16-18-21-22-19-16/h1-10H,(H,24,25)(H,18,19,21,22). The van der Waals surface area contributed by atoms with Crippen molar-refractivity contribution < 1.29 is 9.90 Å². The van der Waals surface area contributed by atoms with Crippen molar-refractivity contribution in [3.05, 3.63) is 66.4 Å². The van der Waals surface area contributed by atoms with Crippen LogP contribution in [0.3, 0.4) is 0 Å². The number of nitrogens with one attached hydrogen (secondary N) is 1. The first kappa shape index (κ1) is 14.8. The minimum atomic E-state index is -1.07. The molecule has 2 heterocycles. The summed E-state index contributed by atoms with van der Waals surface area (Å²) in [5.74, 6) is -0.575. The number of aromatic carboxylic acids is 1. The third-order valence-electron chi connectivity index (χ3n) is 3.71. The minimum Gasteiger partial charge on any atom is -0.476 e. The molecule has 4 rings (SSSR count). The van der Waals surface area contributed by atoms with Crippen molar-refractivity contribution in [1.29, 1.82) is 0 Å². The predicted octanol–water partition coefficient (Wildman–Crippen LogP) is 2.42. The molecule has 0 unspecified atom stereocenters. The van der Waals surface area contributed by atoms with Crippen LogP contribution in [-0.2, 0) is 0 Å². The van der Waals surface area contributed by atoms with Crippen LogP contribution in [-0.4, -0.2) is 41.5 Å². The number of hydrogen-bond donors (Lipinski definition) is 2. The molecule has 8 heteroatoms. The third-order valence-corrected chi connectivity index (χ3v) is 3.71. The predicted molar refractivity (Wildman–Crippen MR) is 89.1 cm³/mol. The summed E-state index contributed by atoms with van der Waals surface area (Å²) >= 11 is 0. The maximum atomic E-state index is 11.3. The van der Waals surface area contributed by atoms with Crippen molar-refractivity contribution in [3.8, 4) is 28.3 Å². The summed E-state index contributed by atoms with van der Waals surface area (Å²) in [6, 6.07) is 18.4. The molecule has 0 fully saturated rings. The van der Waals surface area contributed by atoms with Gasteiger partial charge < -0.3 is 5.11 Å². The maximum Gasteiger partial charge on any atom is 0.356 e. The first-order valence-electron chi connectivity index (χ1n) is 7.45. The molecular formula is C17H12N6O2. The van der Waals surface area contributed by atoms with Crippen molar-refractivity contribution in [3.63, 3.8) is 0 Å². The molecule has 2 N–H and O–H groups in total. The van der Waals surface area contributed by atoms with E-state index in [2.05, 4.69) is 25.7 Å². The Morgan fingerprint density at radius 2 is 1.72 bits per heavy atom. The second-order valence-electron chi connectivity index (χ2n) is 5.28. The molecule has 4 aromatic rings. The number of tetrazole rings is 1. The highest BCUT2D eigenvalue weighted by molar-refractivity contribution is 5.87. The van der Waals surface area contributed by atoms with Gasteiger partial charge in [-0.3, -0.25) is 0 Å². The third kappa shape index (κ3) is 2.76. The number of carbonyl (C=O) groups is 1. The van der Waals surface area contributed by atoms with Crippen LogP contribution >= 0.6 is 0 Å². The van der Waals surface area contributed by atoms with Crippen LogP contribution < -0.4 is 0 Å². The summed E-state index contributed by atoms with van der Waals surface area (Å²) in [7, 11) is 0. The zero-order chi connectivity index (χ0) is 17.2. The van der Waals surface area contributed by atoms with Crippen molar-refractivity contribution in [2.24, 2.45) is 0 Å². The first-order chi connectivity index (χ1) is 12.2. The number of nitrogens with zero attached hydrogens (tertiary/aromatic N) is 5. The van der Waals surface area contributed by atoms with Crippen LogP contribution in [0.15, 0.2) is 60.7 Å². The Morgan fingerprint density at radius 3 is 2.36 bits per heavy atom. The van der Waals surface area contributed by atoms with Crippen LogP contribution in [0.4, 0.5) is 0 Å². The number of carboxylic acid groups (broad SMARTS) is 1. The van der Waals surface area contributed by atoms with Gasteiger partial charge in [-0.2, -0.15) is 10.3 Å². The molecule has 8 nitrogen and oxygen atoms in total. The van der Waals surface area contributed by atoms with E-state index in [-0.39, 0.29) is 5.69 Å². The average molecular weight is 332 g/mol. The Balaban J connectivity index is 1.80. The number of carboxylic acids is 1. The van der Waals surface area contributed by atoms with Crippen molar-refractivity contribution in [1.82, 2.24) is 30.4 Å². The molecule has 0 bridgehead atoms. The summed E-state index contributed by atoms with van der Waals surface area (Å²) in [6.45, 7) is 0. The summed E-state index contributed by atoms with van der Waals surface area (Å²) in [5, 5.41) is 27.3. The van der Waals surface area contributed by atoms with Gasteiger partial charge in [-0.1, -0.05) is 42.5 Å². The molecule has 0 atom stereocenters. The zero-order valence-corrected chi connectivity index (χ0v) is 12.9. The molecule has 0 aliphatic rings. The van der Waals surface area contributed by atoms with Gasteiger partial charge in [0.1, 0.15) is 0 Å². The fourth-order valence-electron chi connectivity index (χ4n) is 2.53. The van der Waals surface area contributed by atoms with Crippen molar-refractivity contribution in [2.75, 3.05) is 0 Å². The van der Waals surface area contributed by atoms with Gasteiger partial charge in [0, 0.05) is 11.1 Å². The maximum absolute atomic E-state index is 11.3. The number of hydrogen-bond acceptors (Lipinski definition) is 5. The lowest BCUT2D eigenvalue weighted by Gasteiger charge is -2.07. The molecule has 25 heavy (non-hydrogen) atoms. The minimum absolute atomic E-state index is 0.0129. The van der Waals surface area contributed by atoms with E-state index in [0.29, 0.717) is 11.5 Å². The van der Waals surface area contributed by atoms with E-state index in [9.17, 15) is 9.90 Å². The van der Waals surface area contributed by atoms with Gasteiger partial charge in [0.15, 0.2) is 5.69 Å². The number of benzene rings is 2. The van der Waals surface area contributed by atoms with E-state index in [1.54, 1.807) is 10.7 Å². The average Bonchev–Trinajstić information content (AvgIpc) is 3.33. The first-order valence-corrected chi connectivity index (χ1v) is 7.45. The summed E-state index contributed by atoms with van der Waals surface area (Å²) < 4.78 is 1.62. The highest BCUT2D eigenvalue weighted by Gasteiger charge is 2.16. The lowest BCUT2D eigenvalue weighted by Crippen LogP contribution is -2.02. The van der Waals surface area contributed by atoms with Gasteiger partial charge >= 0.3 is 5.97 Å². The quantitative estimate of drug-likeness (QED) is 0.594. The Bertz CT molecular complexity index is 1010. The number of aromatic amines is 1. The molecule has 0 amide bonds. The van der Waals surface area contributed by atoms with Gasteiger partial charge in [-0.25, -0.2) is 9.48 Å². The van der Waals surface area contributed by atoms with Crippen molar-refractivity contribution in [2.45, 2.75) is 0 Å². The molecule has 0 aliphatic carbocycles. The second kappa shape index (κ2) is 6.00. The Labute approximate surface area is 141 Å². The Hall–Kier alpha value is -3.81. The van der Waals surface area contributed by atoms with E-state index >= 15 is 0 Å². The normalized spacial score (nSPS) is 10.7. The van der Waals surface area contributed by atoms with Crippen LogP contribution in [0.2, 0.25) is 0 Å². The lowest BCUT2D eigenvalue weighted by molar-refractivity contribution is 0.0690. The van der Waals surface area contributed by atoms with Gasteiger partial charge in [-0.05, 0) is 23.4 Å². The van der Waals surface area contributed by atoms with Gasteiger partial charge in [0.05, 0.1) is 11.4 Å². The van der Waals surface area contributed by atoms with Gasteiger partial charge in [0.25, 0.3) is 0 Å². The molecule has 2 aromatic heterocycles. The fourth-order valence-corrected chi connectivity index (χ4v) is 2.53. The molecule has 0 saturated heterocycles. The molecule has 0 spiro atoms. The summed E-state index contributed by atoms with van der Waals surface area (Å²) in [5.41, 5.74) is 3.09. The number of rotatable bonds is 4. The monoisotopic (exact) mass is 332 g/mol. The molecule has 0 aliphatic heterocycles. The summed E-state index contributed by atoms with van der Waals surface area (Å²) in [4.78, 5) is 11.3. The van der Waals surface area contributed by atoms with Crippen LogP contribution in [0.5, 0.6) is 0 Å². The largest absolute Gasteiger partial charge is 0.476 e. The number of para-hydroxylation sites is 1. The molecule has 0 saturated carbocycles. The fraction of sp³-hybridized carbons (Fsp3) is 0. The number of aromatic nitrogens is 6. The van der Waals surface area contributed by atoms with E-state index in [4.69, 9.17) is 0 Å².